The number of nitrogens with zero attached hydrogens (tertiary/aromatic N) is 5. The quantitative estimate of drug-likeness (QED) is 0.168. The number of benzene rings is 9. The van der Waals surface area contributed by atoms with Crippen molar-refractivity contribution in [2.75, 3.05) is 0 Å². The number of aromatic nitrogens is 5. The summed E-state index contributed by atoms with van der Waals surface area (Å²) in [5, 5.41) is 6.77. The van der Waals surface area contributed by atoms with Gasteiger partial charge in [0.25, 0.3) is 0 Å². The zero-order valence-corrected chi connectivity index (χ0v) is 33.9. The number of hydrogen-bond donors (Lipinski definition) is 0. The van der Waals surface area contributed by atoms with Crippen molar-refractivity contribution >= 4 is 65.6 Å². The molecule has 13 rings (SSSR count). The molecule has 4 aromatic heterocycles. The van der Waals surface area contributed by atoms with Crippen LogP contribution >= 0.6 is 0 Å². The first-order valence-electron chi connectivity index (χ1n) is 21.2. The highest BCUT2D eigenvalue weighted by Gasteiger charge is 2.20. The Hall–Kier alpha value is -8.61. The maximum atomic E-state index is 6.23. The fourth-order valence-electron chi connectivity index (χ4n) is 9.43. The van der Waals surface area contributed by atoms with Gasteiger partial charge in [0, 0.05) is 49.1 Å². The predicted molar refractivity (Wildman–Crippen MR) is 258 cm³/mol. The molecule has 0 amide bonds. The Morgan fingerprint density at radius 1 is 0.286 bits per heavy atom. The minimum atomic E-state index is 0.546. The van der Waals surface area contributed by atoms with Gasteiger partial charge < -0.3 is 8.98 Å². The Kier molecular flexibility index (Phi) is 7.80. The van der Waals surface area contributed by atoms with Crippen LogP contribution in [0.5, 0.6) is 0 Å². The molecule has 0 aliphatic rings. The molecule has 9 aromatic carbocycles. The van der Waals surface area contributed by atoms with Gasteiger partial charge in [-0.25, -0.2) is 4.98 Å². The van der Waals surface area contributed by atoms with Crippen molar-refractivity contribution in [2.45, 2.75) is 0 Å². The Morgan fingerprint density at radius 3 is 1.62 bits per heavy atom. The fourth-order valence-corrected chi connectivity index (χ4v) is 9.43. The second-order valence-electron chi connectivity index (χ2n) is 16.0. The second-order valence-corrected chi connectivity index (χ2v) is 16.0. The molecule has 0 saturated heterocycles. The lowest BCUT2D eigenvalue weighted by molar-refractivity contribution is 0.669. The zero-order chi connectivity index (χ0) is 41.4. The van der Waals surface area contributed by atoms with E-state index in [-0.39, 0.29) is 0 Å². The number of hydrogen-bond acceptors (Lipinski definition) is 4. The molecule has 0 radical (unpaired) electrons. The third-order valence-electron chi connectivity index (χ3n) is 12.4. The number of para-hydroxylation sites is 4. The minimum Gasteiger partial charge on any atom is -0.456 e. The van der Waals surface area contributed by atoms with Crippen molar-refractivity contribution in [1.82, 2.24) is 24.1 Å². The Labute approximate surface area is 361 Å². The molecule has 0 aliphatic carbocycles. The molecule has 0 spiro atoms. The topological polar surface area (TPSA) is 61.7 Å². The summed E-state index contributed by atoms with van der Waals surface area (Å²) in [5.74, 6) is 1.71. The Balaban J connectivity index is 1.01. The van der Waals surface area contributed by atoms with Crippen LogP contribution < -0.4 is 0 Å². The summed E-state index contributed by atoms with van der Waals surface area (Å²) in [5.41, 5.74) is 13.4. The van der Waals surface area contributed by atoms with Crippen LogP contribution in [-0.4, -0.2) is 24.1 Å². The van der Waals surface area contributed by atoms with Gasteiger partial charge in [0.2, 0.25) is 5.95 Å². The van der Waals surface area contributed by atoms with Crippen LogP contribution in [0.1, 0.15) is 0 Å². The number of rotatable bonds is 6. The normalized spacial score (nSPS) is 11.8. The molecule has 0 fully saturated rings. The van der Waals surface area contributed by atoms with Crippen LogP contribution in [0.3, 0.4) is 0 Å². The van der Waals surface area contributed by atoms with Crippen molar-refractivity contribution in [3.05, 3.63) is 212 Å². The standard InChI is InChI=1S/C57H35N5O/c1-3-14-36(15-4-1)38-27-30-51-47(33-38)44-21-8-11-24-50(44)62(51)57-59-55(58-56(60-57)41-28-31-54-48(34-41)46-22-9-12-25-53(46)63-54)40-17-13-16-37(32-40)39-26-29-45-43-20-7-10-23-49(43)61(52(45)35-39)42-18-5-2-6-19-42/h1-35H. The van der Waals surface area contributed by atoms with Gasteiger partial charge in [-0.2, -0.15) is 9.97 Å². The molecule has 0 unspecified atom stereocenters. The van der Waals surface area contributed by atoms with E-state index in [1.54, 1.807) is 0 Å². The molecule has 13 aromatic rings. The molecule has 0 N–H and O–H groups in total. The summed E-state index contributed by atoms with van der Waals surface area (Å²) in [7, 11) is 0. The van der Waals surface area contributed by atoms with Crippen molar-refractivity contribution < 1.29 is 4.42 Å². The number of fused-ring (bicyclic) bond motifs is 9. The van der Waals surface area contributed by atoms with Gasteiger partial charge >= 0.3 is 0 Å². The second kappa shape index (κ2) is 14.0. The lowest BCUT2D eigenvalue weighted by Gasteiger charge is -2.12. The summed E-state index contributed by atoms with van der Waals surface area (Å²) in [6.45, 7) is 0. The first-order chi connectivity index (χ1) is 31.2. The smallest absolute Gasteiger partial charge is 0.238 e. The van der Waals surface area contributed by atoms with E-state index >= 15 is 0 Å². The van der Waals surface area contributed by atoms with Crippen molar-refractivity contribution in [3.63, 3.8) is 0 Å². The van der Waals surface area contributed by atoms with E-state index in [2.05, 4.69) is 191 Å². The lowest BCUT2D eigenvalue weighted by Crippen LogP contribution is -2.06. The SMILES string of the molecule is c1ccc(-c2ccc3c(c2)c2ccccc2n3-c2nc(-c3cccc(-c4ccc5c6ccccc6n(-c6ccccc6)c5c4)c3)nc(-c3ccc4oc5ccccc5c4c3)n2)cc1. The van der Waals surface area contributed by atoms with E-state index in [4.69, 9.17) is 19.4 Å². The van der Waals surface area contributed by atoms with E-state index in [0.717, 1.165) is 82.8 Å². The van der Waals surface area contributed by atoms with Gasteiger partial charge in [0.1, 0.15) is 11.2 Å². The van der Waals surface area contributed by atoms with E-state index < -0.39 is 0 Å². The van der Waals surface area contributed by atoms with E-state index in [1.165, 1.54) is 21.9 Å². The fraction of sp³-hybridized carbons (Fsp3) is 0. The first-order valence-corrected chi connectivity index (χ1v) is 21.2. The van der Waals surface area contributed by atoms with Crippen LogP contribution in [-0.2, 0) is 0 Å². The molecule has 4 heterocycles. The third kappa shape index (κ3) is 5.69. The van der Waals surface area contributed by atoms with Crippen LogP contribution in [0, 0.1) is 0 Å². The summed E-state index contributed by atoms with van der Waals surface area (Å²) in [4.78, 5) is 15.9. The highest BCUT2D eigenvalue weighted by atomic mass is 16.3. The molecule has 6 nitrogen and oxygen atoms in total. The molecular formula is C57H35N5O. The highest BCUT2D eigenvalue weighted by Crippen LogP contribution is 2.38. The van der Waals surface area contributed by atoms with Gasteiger partial charge in [-0.05, 0) is 95.1 Å². The number of furan rings is 1. The Morgan fingerprint density at radius 2 is 0.810 bits per heavy atom. The van der Waals surface area contributed by atoms with Crippen molar-refractivity contribution in [3.8, 4) is 56.7 Å². The van der Waals surface area contributed by atoms with E-state index in [9.17, 15) is 0 Å². The summed E-state index contributed by atoms with van der Waals surface area (Å²) >= 11 is 0. The summed E-state index contributed by atoms with van der Waals surface area (Å²) in [6.07, 6.45) is 0. The summed E-state index contributed by atoms with van der Waals surface area (Å²) < 4.78 is 10.8. The van der Waals surface area contributed by atoms with Crippen molar-refractivity contribution in [2.24, 2.45) is 0 Å². The largest absolute Gasteiger partial charge is 0.456 e. The monoisotopic (exact) mass is 805 g/mol. The van der Waals surface area contributed by atoms with Gasteiger partial charge in [-0.1, -0.05) is 140 Å². The average molecular weight is 806 g/mol. The first kappa shape index (κ1) is 35.2. The lowest BCUT2D eigenvalue weighted by atomic mass is 10.0. The third-order valence-corrected chi connectivity index (χ3v) is 12.4. The molecule has 0 saturated carbocycles. The maximum Gasteiger partial charge on any atom is 0.238 e. The van der Waals surface area contributed by atoms with Gasteiger partial charge in [0.15, 0.2) is 11.6 Å². The van der Waals surface area contributed by atoms with Crippen LogP contribution in [0.15, 0.2) is 217 Å². The van der Waals surface area contributed by atoms with E-state index in [0.29, 0.717) is 17.6 Å². The predicted octanol–water partition coefficient (Wildman–Crippen LogP) is 14.6. The molecular weight excluding hydrogens is 771 g/mol. The maximum absolute atomic E-state index is 6.23. The van der Waals surface area contributed by atoms with Crippen molar-refractivity contribution in [1.29, 1.82) is 0 Å². The zero-order valence-electron chi connectivity index (χ0n) is 33.9. The van der Waals surface area contributed by atoms with Crippen LogP contribution in [0.2, 0.25) is 0 Å². The molecule has 63 heavy (non-hydrogen) atoms. The van der Waals surface area contributed by atoms with E-state index in [1.807, 2.05) is 30.3 Å². The van der Waals surface area contributed by atoms with Crippen LogP contribution in [0.25, 0.3) is 122 Å². The van der Waals surface area contributed by atoms with Gasteiger partial charge in [0.05, 0.1) is 22.1 Å². The molecule has 6 heteroatoms. The Bertz CT molecular complexity index is 3920. The van der Waals surface area contributed by atoms with Crippen LogP contribution in [0.4, 0.5) is 0 Å². The average Bonchev–Trinajstić information content (AvgIpc) is 4.01. The van der Waals surface area contributed by atoms with Gasteiger partial charge in [-0.15, -0.1) is 0 Å². The molecule has 0 bridgehead atoms. The summed E-state index contributed by atoms with van der Waals surface area (Å²) in [6, 6.07) is 74.6. The molecule has 0 aliphatic heterocycles. The minimum absolute atomic E-state index is 0.546. The van der Waals surface area contributed by atoms with Gasteiger partial charge in [-0.3, -0.25) is 4.57 Å². The highest BCUT2D eigenvalue weighted by molar-refractivity contribution is 6.11. The molecule has 294 valence electrons. The molecule has 0 atom stereocenters.